The number of hydrogen-bond acceptors (Lipinski definition) is 5. The molecule has 1 saturated heterocycles. The summed E-state index contributed by atoms with van der Waals surface area (Å²) in [6.45, 7) is 3.06. The monoisotopic (exact) mass is 388 g/mol. The predicted octanol–water partition coefficient (Wildman–Crippen LogP) is 1.38. The van der Waals surface area contributed by atoms with E-state index in [2.05, 4.69) is 4.99 Å². The van der Waals surface area contributed by atoms with Crippen LogP contribution in [-0.4, -0.2) is 68.2 Å². The number of nitrogens with zero attached hydrogens (tertiary/aromatic N) is 3. The topological polar surface area (TPSA) is 105 Å². The lowest BCUT2D eigenvalue weighted by molar-refractivity contribution is 0.0934. The number of halogens is 1. The van der Waals surface area contributed by atoms with Crippen molar-refractivity contribution in [3.05, 3.63) is 24.3 Å². The Balaban J connectivity index is 2.06. The molecule has 1 aliphatic rings. The van der Waals surface area contributed by atoms with Crippen LogP contribution in [0.15, 0.2) is 34.2 Å². The van der Waals surface area contributed by atoms with Crippen LogP contribution < -0.4 is 5.73 Å². The van der Waals surface area contributed by atoms with E-state index in [4.69, 9.17) is 22.1 Å². The number of benzene rings is 1. The highest BCUT2D eigenvalue weighted by Gasteiger charge is 2.30. The molecule has 1 heterocycles. The summed E-state index contributed by atoms with van der Waals surface area (Å²) in [7, 11) is -3.63. The normalized spacial score (nSPS) is 16.7. The summed E-state index contributed by atoms with van der Waals surface area (Å²) in [5.74, 6) is 0.359. The van der Waals surface area contributed by atoms with Gasteiger partial charge in [-0.15, -0.1) is 11.6 Å². The number of sulfonamides is 1. The number of carbonyl (C=O) groups excluding carboxylic acids is 1. The molecule has 1 aliphatic heterocycles. The lowest BCUT2D eigenvalue weighted by Crippen LogP contribution is -2.50. The molecule has 0 saturated carbocycles. The first kappa shape index (κ1) is 19.5. The van der Waals surface area contributed by atoms with Gasteiger partial charge in [-0.25, -0.2) is 18.2 Å². The summed E-state index contributed by atoms with van der Waals surface area (Å²) in [4.78, 5) is 17.4. The van der Waals surface area contributed by atoms with Crippen LogP contribution in [-0.2, 0) is 14.8 Å². The summed E-state index contributed by atoms with van der Waals surface area (Å²) < 4.78 is 31.7. The Hall–Kier alpha value is -1.84. The molecule has 8 nitrogen and oxygen atoms in total. The fourth-order valence-electron chi connectivity index (χ4n) is 2.36. The Morgan fingerprint density at radius 1 is 1.24 bits per heavy atom. The molecule has 0 atom stereocenters. The van der Waals surface area contributed by atoms with Crippen LogP contribution in [0.3, 0.4) is 0 Å². The third-order valence-corrected chi connectivity index (χ3v) is 5.84. The van der Waals surface area contributed by atoms with Crippen LogP contribution in [0, 0.1) is 0 Å². The second kappa shape index (κ2) is 8.50. The summed E-state index contributed by atoms with van der Waals surface area (Å²) >= 11 is 5.57. The second-order valence-electron chi connectivity index (χ2n) is 5.32. The van der Waals surface area contributed by atoms with Gasteiger partial charge in [0, 0.05) is 26.2 Å². The van der Waals surface area contributed by atoms with Crippen molar-refractivity contribution < 1.29 is 17.9 Å². The highest BCUT2D eigenvalue weighted by Crippen LogP contribution is 2.21. The van der Waals surface area contributed by atoms with E-state index in [1.807, 2.05) is 0 Å². The van der Waals surface area contributed by atoms with Gasteiger partial charge < -0.3 is 15.4 Å². The van der Waals surface area contributed by atoms with E-state index in [9.17, 15) is 13.2 Å². The standard InChI is InChI=1S/C15H21ClN4O4S/c1-2-24-15(21)19-7-9-20(10-8-19)25(22,23)13-5-3-12(4-6-13)18-14(17)11-16/h3-6H,2,7-11H2,1H3,(H2,17,18). The number of nitrogens with two attached hydrogens (primary N) is 1. The van der Waals surface area contributed by atoms with Crippen LogP contribution in [0.25, 0.3) is 0 Å². The van der Waals surface area contributed by atoms with E-state index < -0.39 is 16.1 Å². The first-order valence-corrected chi connectivity index (χ1v) is 9.77. The van der Waals surface area contributed by atoms with Gasteiger partial charge in [0.2, 0.25) is 10.0 Å². The highest BCUT2D eigenvalue weighted by molar-refractivity contribution is 7.89. The number of carbonyl (C=O) groups is 1. The number of piperazine rings is 1. The van der Waals surface area contributed by atoms with Crippen molar-refractivity contribution in [2.45, 2.75) is 11.8 Å². The second-order valence-corrected chi connectivity index (χ2v) is 7.53. The quantitative estimate of drug-likeness (QED) is 0.466. The molecule has 0 radical (unpaired) electrons. The van der Waals surface area contributed by atoms with E-state index in [-0.39, 0.29) is 29.7 Å². The van der Waals surface area contributed by atoms with Gasteiger partial charge in [0.25, 0.3) is 0 Å². The third-order valence-electron chi connectivity index (χ3n) is 3.65. The maximum absolute atomic E-state index is 12.7. The molecule has 0 spiro atoms. The van der Waals surface area contributed by atoms with Crippen molar-refractivity contribution in [2.75, 3.05) is 38.7 Å². The van der Waals surface area contributed by atoms with Crippen molar-refractivity contribution in [3.8, 4) is 0 Å². The minimum absolute atomic E-state index is 0.102. The largest absolute Gasteiger partial charge is 0.450 e. The van der Waals surface area contributed by atoms with Crippen molar-refractivity contribution in [1.82, 2.24) is 9.21 Å². The summed E-state index contributed by atoms with van der Waals surface area (Å²) in [6.07, 6.45) is -0.418. The van der Waals surface area contributed by atoms with Gasteiger partial charge in [-0.3, -0.25) is 0 Å². The molecule has 1 aromatic carbocycles. The Labute approximate surface area is 152 Å². The third kappa shape index (κ3) is 4.83. The number of rotatable bonds is 5. The maximum Gasteiger partial charge on any atom is 0.409 e. The summed E-state index contributed by atoms with van der Waals surface area (Å²) in [5.41, 5.74) is 6.09. The molecule has 0 bridgehead atoms. The fraction of sp³-hybridized carbons (Fsp3) is 0.467. The minimum Gasteiger partial charge on any atom is -0.450 e. The zero-order valence-electron chi connectivity index (χ0n) is 13.9. The number of amidine groups is 1. The zero-order valence-corrected chi connectivity index (χ0v) is 15.5. The van der Waals surface area contributed by atoms with Crippen molar-refractivity contribution in [1.29, 1.82) is 0 Å². The van der Waals surface area contributed by atoms with Crippen LogP contribution in [0.5, 0.6) is 0 Å². The van der Waals surface area contributed by atoms with Crippen LogP contribution in [0.1, 0.15) is 6.92 Å². The SMILES string of the molecule is CCOC(=O)N1CCN(S(=O)(=O)c2ccc(N=C(N)CCl)cc2)CC1. The molecular weight excluding hydrogens is 368 g/mol. The van der Waals surface area contributed by atoms with E-state index in [1.165, 1.54) is 21.3 Å². The minimum atomic E-state index is -3.63. The molecule has 0 aromatic heterocycles. The highest BCUT2D eigenvalue weighted by atomic mass is 35.5. The number of alkyl halides is 1. The van der Waals surface area contributed by atoms with Crippen molar-refractivity contribution in [2.24, 2.45) is 10.7 Å². The molecule has 1 amide bonds. The van der Waals surface area contributed by atoms with Gasteiger partial charge in [-0.05, 0) is 31.2 Å². The average Bonchev–Trinajstić information content (AvgIpc) is 2.62. The Morgan fingerprint density at radius 2 is 1.84 bits per heavy atom. The molecule has 1 aromatic rings. The van der Waals surface area contributed by atoms with E-state index in [0.717, 1.165) is 0 Å². The van der Waals surface area contributed by atoms with Gasteiger partial charge in [0.1, 0.15) is 5.84 Å². The first-order chi connectivity index (χ1) is 11.9. The first-order valence-electron chi connectivity index (χ1n) is 7.79. The van der Waals surface area contributed by atoms with Gasteiger partial charge in [0.15, 0.2) is 0 Å². The summed E-state index contributed by atoms with van der Waals surface area (Å²) in [6, 6.07) is 6.10. The van der Waals surface area contributed by atoms with Crippen LogP contribution in [0.4, 0.5) is 10.5 Å². The lowest BCUT2D eigenvalue weighted by atomic mass is 10.3. The Morgan fingerprint density at radius 3 is 2.36 bits per heavy atom. The molecule has 0 unspecified atom stereocenters. The smallest absolute Gasteiger partial charge is 0.409 e. The van der Waals surface area contributed by atoms with E-state index in [1.54, 1.807) is 19.1 Å². The van der Waals surface area contributed by atoms with Crippen molar-refractivity contribution >= 4 is 39.2 Å². The van der Waals surface area contributed by atoms with Crippen molar-refractivity contribution in [3.63, 3.8) is 0 Å². The van der Waals surface area contributed by atoms with Crippen LogP contribution >= 0.6 is 11.6 Å². The van der Waals surface area contributed by atoms with E-state index >= 15 is 0 Å². The average molecular weight is 389 g/mol. The number of aliphatic imine (C=N–C) groups is 1. The van der Waals surface area contributed by atoms with E-state index in [0.29, 0.717) is 25.4 Å². The molecule has 1 fully saturated rings. The zero-order chi connectivity index (χ0) is 18.4. The Bertz CT molecular complexity index is 728. The number of hydrogen-bond donors (Lipinski definition) is 1. The van der Waals surface area contributed by atoms with Crippen LogP contribution in [0.2, 0.25) is 0 Å². The molecule has 10 heteroatoms. The molecule has 138 valence electrons. The molecular formula is C15H21ClN4O4S. The fourth-order valence-corrected chi connectivity index (χ4v) is 3.85. The molecule has 0 aliphatic carbocycles. The van der Waals surface area contributed by atoms with Gasteiger partial charge in [0.05, 0.1) is 23.1 Å². The maximum atomic E-state index is 12.7. The number of ether oxygens (including phenoxy) is 1. The van der Waals surface area contributed by atoms with Gasteiger partial charge >= 0.3 is 6.09 Å². The molecule has 25 heavy (non-hydrogen) atoms. The summed E-state index contributed by atoms with van der Waals surface area (Å²) in [5, 5.41) is 0. The predicted molar refractivity (Wildman–Crippen MR) is 95.8 cm³/mol. The lowest BCUT2D eigenvalue weighted by Gasteiger charge is -2.33. The molecule has 2 rings (SSSR count). The molecule has 2 N–H and O–H groups in total. The van der Waals surface area contributed by atoms with Gasteiger partial charge in [-0.1, -0.05) is 0 Å². The Kier molecular flexibility index (Phi) is 6.63. The van der Waals surface area contributed by atoms with Gasteiger partial charge in [-0.2, -0.15) is 4.31 Å². The number of amides is 1.